The zero-order chi connectivity index (χ0) is 20.6. The van der Waals surface area contributed by atoms with Crippen molar-refractivity contribution in [2.24, 2.45) is 0 Å². The first-order chi connectivity index (χ1) is 12.6. The summed E-state index contributed by atoms with van der Waals surface area (Å²) < 4.78 is 4.94. The summed E-state index contributed by atoms with van der Waals surface area (Å²) in [6.07, 6.45) is 2.47. The molecule has 1 aliphatic heterocycles. The highest BCUT2D eigenvalue weighted by atomic mass is 32.1. The molecule has 2 heterocycles. The maximum absolute atomic E-state index is 11.8. The summed E-state index contributed by atoms with van der Waals surface area (Å²) in [4.78, 5) is 39.1. The van der Waals surface area contributed by atoms with Crippen LogP contribution in [0.2, 0.25) is 0 Å². The Morgan fingerprint density at radius 3 is 2.41 bits per heavy atom. The molecule has 1 aromatic heterocycles. The van der Waals surface area contributed by atoms with E-state index in [9.17, 15) is 14.4 Å². The smallest absolute Gasteiger partial charge is 0.351 e. The molecule has 0 aliphatic carbocycles. The van der Waals surface area contributed by atoms with Crippen molar-refractivity contribution in [2.75, 3.05) is 20.2 Å². The summed E-state index contributed by atoms with van der Waals surface area (Å²) in [7, 11) is 1.71. The molecule has 0 atom stereocenters. The summed E-state index contributed by atoms with van der Waals surface area (Å²) >= 11 is 1.37. The molecule has 1 aliphatic rings. The van der Waals surface area contributed by atoms with Gasteiger partial charge in [-0.15, -0.1) is 11.3 Å². The van der Waals surface area contributed by atoms with Crippen LogP contribution in [-0.2, 0) is 14.3 Å². The lowest BCUT2D eigenvalue weighted by molar-refractivity contribution is -0.133. The van der Waals surface area contributed by atoms with E-state index in [1.165, 1.54) is 11.3 Å². The van der Waals surface area contributed by atoms with Gasteiger partial charge in [0.05, 0.1) is 10.6 Å². The van der Waals surface area contributed by atoms with E-state index in [0.717, 1.165) is 24.3 Å². The minimum atomic E-state index is -1.28. The highest BCUT2D eigenvalue weighted by Gasteiger charge is 2.23. The van der Waals surface area contributed by atoms with Crippen LogP contribution in [0, 0.1) is 0 Å². The third-order valence-electron chi connectivity index (χ3n) is 3.92. The Morgan fingerprint density at radius 2 is 1.96 bits per heavy atom. The largest absolute Gasteiger partial charge is 0.477 e. The molecule has 27 heavy (non-hydrogen) atoms. The van der Waals surface area contributed by atoms with Crippen molar-refractivity contribution in [1.29, 1.82) is 0 Å². The van der Waals surface area contributed by atoms with Crippen molar-refractivity contribution >= 4 is 29.6 Å². The number of carbonyl (C=O) groups is 3. The molecule has 0 bridgehead atoms. The van der Waals surface area contributed by atoms with Crippen LogP contribution in [0.3, 0.4) is 0 Å². The number of hydrogen-bond donors (Lipinski definition) is 2. The molecule has 150 valence electrons. The van der Waals surface area contributed by atoms with Crippen LogP contribution in [0.25, 0.3) is 0 Å². The molecule has 0 saturated carbocycles. The number of aromatic nitrogens is 1. The monoisotopic (exact) mass is 397 g/mol. The zero-order valence-corrected chi connectivity index (χ0v) is 17.0. The topological polar surface area (TPSA) is 109 Å². The number of nitrogens with zero attached hydrogens (tertiary/aromatic N) is 2. The van der Waals surface area contributed by atoms with E-state index in [0.29, 0.717) is 13.1 Å². The van der Waals surface area contributed by atoms with Gasteiger partial charge in [0.25, 0.3) is 5.91 Å². The van der Waals surface area contributed by atoms with E-state index in [1.807, 2.05) is 20.8 Å². The van der Waals surface area contributed by atoms with Crippen molar-refractivity contribution in [3.05, 3.63) is 28.4 Å². The van der Waals surface area contributed by atoms with Crippen molar-refractivity contribution < 1.29 is 24.2 Å². The van der Waals surface area contributed by atoms with Crippen molar-refractivity contribution in [3.8, 4) is 0 Å². The third-order valence-corrected chi connectivity index (χ3v) is 4.92. The number of thiazole rings is 1. The molecule has 2 N–H and O–H groups in total. The van der Waals surface area contributed by atoms with Crippen LogP contribution in [0.4, 0.5) is 0 Å². The van der Waals surface area contributed by atoms with Gasteiger partial charge in [0, 0.05) is 31.5 Å². The summed E-state index contributed by atoms with van der Waals surface area (Å²) in [6, 6.07) is 0. The first-order valence-corrected chi connectivity index (χ1v) is 9.38. The van der Waals surface area contributed by atoms with Gasteiger partial charge in [0.2, 0.25) is 6.41 Å². The number of piperidine rings is 1. The van der Waals surface area contributed by atoms with Crippen LogP contribution in [-0.4, -0.2) is 59.1 Å². The van der Waals surface area contributed by atoms with Crippen molar-refractivity contribution in [1.82, 2.24) is 15.2 Å². The number of hydrogen-bond acceptors (Lipinski definition) is 6. The lowest BCUT2D eigenvalue weighted by atomic mass is 9.98. The van der Waals surface area contributed by atoms with Gasteiger partial charge in [-0.2, -0.15) is 0 Å². The number of likely N-dealkylation sites (tertiary alicyclic amines) is 1. The first kappa shape index (κ1) is 22.8. The zero-order valence-electron chi connectivity index (χ0n) is 16.2. The number of amides is 2. The van der Waals surface area contributed by atoms with Crippen LogP contribution in [0.5, 0.6) is 0 Å². The van der Waals surface area contributed by atoms with E-state index in [2.05, 4.69) is 16.9 Å². The van der Waals surface area contributed by atoms with Gasteiger partial charge < -0.3 is 20.1 Å². The number of nitrogens with one attached hydrogen (secondary N) is 1. The number of rotatable bonds is 5. The predicted octanol–water partition coefficient (Wildman–Crippen LogP) is 2.24. The van der Waals surface area contributed by atoms with Gasteiger partial charge >= 0.3 is 5.97 Å². The summed E-state index contributed by atoms with van der Waals surface area (Å²) in [5.74, 6) is -1.62. The number of carboxylic acids is 1. The molecule has 9 heteroatoms. The molecule has 0 unspecified atom stereocenters. The normalized spacial score (nSPS) is 14.7. The SMILES string of the molecule is C=C(NC(=O)c1csc(C2CCN(C=O)CC2)n1)C(=O)O.COC(C)(C)C. The second-order valence-electron chi connectivity index (χ2n) is 7.04. The van der Waals surface area contributed by atoms with Crippen LogP contribution < -0.4 is 5.32 Å². The minimum Gasteiger partial charge on any atom is -0.477 e. The molecule has 1 aromatic rings. The molecule has 8 nitrogen and oxygen atoms in total. The molecule has 1 saturated heterocycles. The van der Waals surface area contributed by atoms with E-state index in [-0.39, 0.29) is 22.9 Å². The van der Waals surface area contributed by atoms with Gasteiger partial charge in [-0.25, -0.2) is 9.78 Å². The summed E-state index contributed by atoms with van der Waals surface area (Å²) in [5, 5.41) is 13.3. The third kappa shape index (κ3) is 7.88. The predicted molar refractivity (Wildman–Crippen MR) is 103 cm³/mol. The lowest BCUT2D eigenvalue weighted by Gasteiger charge is -2.27. The Hall–Kier alpha value is -2.26. The quantitative estimate of drug-likeness (QED) is 0.583. The van der Waals surface area contributed by atoms with Gasteiger partial charge in [0.15, 0.2) is 0 Å². The Labute approximate surface area is 163 Å². The first-order valence-electron chi connectivity index (χ1n) is 8.51. The average Bonchev–Trinajstić information content (AvgIpc) is 3.12. The molecule has 0 aromatic carbocycles. The van der Waals surface area contributed by atoms with E-state index in [1.54, 1.807) is 17.4 Å². The second kappa shape index (κ2) is 10.2. The van der Waals surface area contributed by atoms with Gasteiger partial charge in [0.1, 0.15) is 11.4 Å². The Morgan fingerprint density at radius 1 is 1.41 bits per heavy atom. The van der Waals surface area contributed by atoms with Crippen molar-refractivity contribution in [3.63, 3.8) is 0 Å². The Balaban J connectivity index is 0.000000527. The highest BCUT2D eigenvalue weighted by Crippen LogP contribution is 2.29. The van der Waals surface area contributed by atoms with Gasteiger partial charge in [-0.05, 0) is 33.6 Å². The molecule has 1 fully saturated rings. The number of aliphatic carboxylic acids is 1. The fourth-order valence-corrected chi connectivity index (χ4v) is 3.06. The molecule has 0 spiro atoms. The fourth-order valence-electron chi connectivity index (χ4n) is 2.09. The highest BCUT2D eigenvalue weighted by molar-refractivity contribution is 7.09. The summed E-state index contributed by atoms with van der Waals surface area (Å²) in [5.41, 5.74) is -0.149. The Kier molecular flexibility index (Phi) is 8.58. The molecule has 2 rings (SSSR count). The van der Waals surface area contributed by atoms with Crippen LogP contribution in [0.1, 0.15) is 55.0 Å². The van der Waals surface area contributed by atoms with E-state index >= 15 is 0 Å². The number of ether oxygens (including phenoxy) is 1. The van der Waals surface area contributed by atoms with Gasteiger partial charge in [-0.3, -0.25) is 9.59 Å². The fraction of sp³-hybridized carbons (Fsp3) is 0.556. The molecular formula is C18H27N3O5S. The van der Waals surface area contributed by atoms with Crippen LogP contribution >= 0.6 is 11.3 Å². The lowest BCUT2D eigenvalue weighted by Crippen LogP contribution is -2.31. The molecule has 2 amide bonds. The number of methoxy groups -OCH3 is 1. The van der Waals surface area contributed by atoms with Crippen molar-refractivity contribution in [2.45, 2.75) is 45.1 Å². The van der Waals surface area contributed by atoms with E-state index < -0.39 is 11.9 Å². The van der Waals surface area contributed by atoms with Crippen LogP contribution in [0.15, 0.2) is 17.7 Å². The maximum Gasteiger partial charge on any atom is 0.351 e. The average molecular weight is 397 g/mol. The Bertz CT molecular complexity index is 673. The maximum atomic E-state index is 11.8. The number of carboxylic acid groups (broad SMARTS) is 1. The molecule has 0 radical (unpaired) electrons. The molecular weight excluding hydrogens is 370 g/mol. The second-order valence-corrected chi connectivity index (χ2v) is 7.93. The minimum absolute atomic E-state index is 0.0417. The number of carbonyl (C=O) groups excluding carboxylic acids is 2. The van der Waals surface area contributed by atoms with E-state index in [4.69, 9.17) is 9.84 Å². The summed E-state index contributed by atoms with van der Waals surface area (Å²) in [6.45, 7) is 10.7. The van der Waals surface area contributed by atoms with Gasteiger partial charge in [-0.1, -0.05) is 6.58 Å². The standard InChI is InChI=1S/C13H15N3O4S.C5H12O/c1-8(13(19)20)14-11(18)10-6-21-12(15-10)9-2-4-16(7-17)5-3-9;1-5(2,3)6-4/h6-7,9H,1-5H2,(H,14,18)(H,19,20);1-4H3.